The lowest BCUT2D eigenvalue weighted by atomic mass is 10.1. The van der Waals surface area contributed by atoms with E-state index in [2.05, 4.69) is 57.1 Å². The molecule has 2 amide bonds. The number of benzene rings is 2. The maximum atomic E-state index is 13.2. The number of anilines is 1. The molecule has 0 radical (unpaired) electrons. The highest BCUT2D eigenvalue weighted by molar-refractivity contribution is 9.10. The van der Waals surface area contributed by atoms with E-state index in [-0.39, 0.29) is 12.1 Å². The van der Waals surface area contributed by atoms with Crippen molar-refractivity contribution in [3.05, 3.63) is 82.6 Å². The summed E-state index contributed by atoms with van der Waals surface area (Å²) in [5.41, 5.74) is 4.20. The molecule has 2 aromatic carbocycles. The SMILES string of the molecule is CCC1c2cccn2-c2ccccc2CN1C(=O)Nc1ccccc1Br. The van der Waals surface area contributed by atoms with Crippen molar-refractivity contribution in [2.75, 3.05) is 5.32 Å². The van der Waals surface area contributed by atoms with Crippen LogP contribution in [0.3, 0.4) is 0 Å². The van der Waals surface area contributed by atoms with E-state index in [1.807, 2.05) is 47.4 Å². The smallest absolute Gasteiger partial charge is 0.318 e. The largest absolute Gasteiger partial charge is 0.322 e. The van der Waals surface area contributed by atoms with E-state index in [1.165, 1.54) is 0 Å². The Morgan fingerprint density at radius 3 is 2.69 bits per heavy atom. The van der Waals surface area contributed by atoms with Gasteiger partial charge in [0.2, 0.25) is 0 Å². The maximum absolute atomic E-state index is 13.2. The first-order chi connectivity index (χ1) is 12.7. The number of aromatic nitrogens is 1. The van der Waals surface area contributed by atoms with Crippen molar-refractivity contribution < 1.29 is 4.79 Å². The summed E-state index contributed by atoms with van der Waals surface area (Å²) in [5, 5.41) is 3.06. The van der Waals surface area contributed by atoms with Crippen LogP contribution in [0.1, 0.15) is 30.6 Å². The number of carbonyl (C=O) groups is 1. The molecule has 0 saturated heterocycles. The number of halogens is 1. The monoisotopic (exact) mass is 409 g/mol. The highest BCUT2D eigenvalue weighted by Gasteiger charge is 2.30. The zero-order valence-corrected chi connectivity index (χ0v) is 16.1. The number of nitrogens with one attached hydrogen (secondary N) is 1. The Kier molecular flexibility index (Phi) is 4.55. The van der Waals surface area contributed by atoms with Crippen LogP contribution in [0.5, 0.6) is 0 Å². The van der Waals surface area contributed by atoms with Crippen LogP contribution in [-0.4, -0.2) is 15.5 Å². The minimum absolute atomic E-state index is 0.0138. The molecule has 5 heteroatoms. The third-order valence-electron chi connectivity index (χ3n) is 4.85. The van der Waals surface area contributed by atoms with Gasteiger partial charge in [-0.05, 0) is 58.2 Å². The molecule has 26 heavy (non-hydrogen) atoms. The summed E-state index contributed by atoms with van der Waals surface area (Å²) in [5.74, 6) is 0. The van der Waals surface area contributed by atoms with Crippen LogP contribution >= 0.6 is 15.9 Å². The van der Waals surface area contributed by atoms with E-state index in [0.717, 1.165) is 33.5 Å². The summed E-state index contributed by atoms with van der Waals surface area (Å²) in [6, 6.07) is 20.0. The topological polar surface area (TPSA) is 37.3 Å². The fourth-order valence-electron chi connectivity index (χ4n) is 3.61. The number of nitrogens with zero attached hydrogens (tertiary/aromatic N) is 2. The standard InChI is InChI=1S/C21H20BrN3O/c1-2-18-20-12-7-13-24(20)19-11-6-3-8-15(19)14-25(18)21(26)23-17-10-5-4-9-16(17)22/h3-13,18H,2,14H2,1H3,(H,23,26). The molecule has 0 saturated carbocycles. The molecule has 0 bridgehead atoms. The molecule has 132 valence electrons. The van der Waals surface area contributed by atoms with Crippen molar-refractivity contribution in [1.29, 1.82) is 0 Å². The molecule has 4 nitrogen and oxygen atoms in total. The van der Waals surface area contributed by atoms with Crippen LogP contribution in [0.4, 0.5) is 10.5 Å². The lowest BCUT2D eigenvalue weighted by Crippen LogP contribution is -2.37. The Morgan fingerprint density at radius 2 is 1.88 bits per heavy atom. The van der Waals surface area contributed by atoms with Gasteiger partial charge in [-0.1, -0.05) is 37.3 Å². The number of urea groups is 1. The fourth-order valence-corrected chi connectivity index (χ4v) is 3.99. The van der Waals surface area contributed by atoms with Crippen molar-refractivity contribution in [3.63, 3.8) is 0 Å². The average molecular weight is 410 g/mol. The third-order valence-corrected chi connectivity index (χ3v) is 5.54. The fraction of sp³-hybridized carbons (Fsp3) is 0.190. The lowest BCUT2D eigenvalue weighted by Gasteiger charge is -2.30. The quantitative estimate of drug-likeness (QED) is 0.575. The molecule has 1 unspecified atom stereocenters. The first kappa shape index (κ1) is 16.9. The van der Waals surface area contributed by atoms with Crippen LogP contribution in [0.25, 0.3) is 5.69 Å². The van der Waals surface area contributed by atoms with Crippen molar-refractivity contribution in [2.45, 2.75) is 25.9 Å². The second kappa shape index (κ2) is 7.00. The normalized spacial score (nSPS) is 15.8. The van der Waals surface area contributed by atoms with E-state index >= 15 is 0 Å². The predicted molar refractivity (Wildman–Crippen MR) is 108 cm³/mol. The van der Waals surface area contributed by atoms with Gasteiger partial charge in [-0.2, -0.15) is 0 Å². The van der Waals surface area contributed by atoms with E-state index < -0.39 is 0 Å². The van der Waals surface area contributed by atoms with Gasteiger partial charge in [-0.25, -0.2) is 4.79 Å². The third kappa shape index (κ3) is 2.92. The van der Waals surface area contributed by atoms with Gasteiger partial charge in [-0.15, -0.1) is 0 Å². The van der Waals surface area contributed by atoms with Crippen molar-refractivity contribution in [3.8, 4) is 5.69 Å². The number of hydrogen-bond acceptors (Lipinski definition) is 1. The molecular weight excluding hydrogens is 390 g/mol. The average Bonchev–Trinajstić information content (AvgIpc) is 3.08. The van der Waals surface area contributed by atoms with Crippen molar-refractivity contribution in [1.82, 2.24) is 9.47 Å². The molecular formula is C21H20BrN3O. The number of para-hydroxylation sites is 2. The zero-order valence-electron chi connectivity index (χ0n) is 14.5. The van der Waals surface area contributed by atoms with Gasteiger partial charge >= 0.3 is 6.03 Å². The molecule has 0 spiro atoms. The Hall–Kier alpha value is -2.53. The molecule has 3 aromatic rings. The molecule has 1 aliphatic heterocycles. The Bertz CT molecular complexity index is 950. The van der Waals surface area contributed by atoms with Crippen LogP contribution in [-0.2, 0) is 6.54 Å². The molecule has 1 aliphatic rings. The number of fused-ring (bicyclic) bond motifs is 3. The van der Waals surface area contributed by atoms with Crippen molar-refractivity contribution >= 4 is 27.6 Å². The zero-order chi connectivity index (χ0) is 18.1. The molecule has 1 aromatic heterocycles. The second-order valence-corrected chi connectivity index (χ2v) is 7.25. The molecule has 0 fully saturated rings. The minimum atomic E-state index is -0.0896. The number of rotatable bonds is 2. The van der Waals surface area contributed by atoms with E-state index in [0.29, 0.717) is 6.54 Å². The first-order valence-electron chi connectivity index (χ1n) is 8.76. The molecule has 0 aliphatic carbocycles. The van der Waals surface area contributed by atoms with Gasteiger partial charge in [0.15, 0.2) is 0 Å². The second-order valence-electron chi connectivity index (χ2n) is 6.39. The molecule has 4 rings (SSSR count). The van der Waals surface area contributed by atoms with Crippen LogP contribution in [0.2, 0.25) is 0 Å². The molecule has 1 atom stereocenters. The summed E-state index contributed by atoms with van der Waals surface area (Å²) >= 11 is 3.50. The van der Waals surface area contributed by atoms with E-state index in [9.17, 15) is 4.79 Å². The van der Waals surface area contributed by atoms with Crippen molar-refractivity contribution in [2.24, 2.45) is 0 Å². The van der Waals surface area contributed by atoms with E-state index in [1.54, 1.807) is 0 Å². The van der Waals surface area contributed by atoms with Gasteiger partial charge in [0.1, 0.15) is 0 Å². The number of hydrogen-bond donors (Lipinski definition) is 1. The first-order valence-corrected chi connectivity index (χ1v) is 9.56. The van der Waals surface area contributed by atoms with E-state index in [4.69, 9.17) is 0 Å². The van der Waals surface area contributed by atoms with Gasteiger partial charge in [0.25, 0.3) is 0 Å². The summed E-state index contributed by atoms with van der Waals surface area (Å²) in [6.45, 7) is 2.70. The van der Waals surface area contributed by atoms with Crippen LogP contribution < -0.4 is 5.32 Å². The lowest BCUT2D eigenvalue weighted by molar-refractivity contribution is 0.181. The number of amides is 2. The predicted octanol–water partition coefficient (Wildman–Crippen LogP) is 5.74. The Balaban J connectivity index is 1.74. The summed E-state index contributed by atoms with van der Waals surface area (Å²) < 4.78 is 3.08. The highest BCUT2D eigenvalue weighted by atomic mass is 79.9. The van der Waals surface area contributed by atoms with Gasteiger partial charge in [-0.3, -0.25) is 0 Å². The Morgan fingerprint density at radius 1 is 1.12 bits per heavy atom. The maximum Gasteiger partial charge on any atom is 0.322 e. The summed E-state index contributed by atoms with van der Waals surface area (Å²) in [7, 11) is 0. The van der Waals surface area contributed by atoms with Gasteiger partial charge in [0.05, 0.1) is 24.0 Å². The minimum Gasteiger partial charge on any atom is -0.318 e. The Labute approximate surface area is 161 Å². The summed E-state index contributed by atoms with van der Waals surface area (Å²) in [6.07, 6.45) is 2.92. The van der Waals surface area contributed by atoms with Crippen LogP contribution in [0.15, 0.2) is 71.3 Å². The number of carbonyl (C=O) groups excluding carboxylic acids is 1. The van der Waals surface area contributed by atoms with Gasteiger partial charge < -0.3 is 14.8 Å². The highest BCUT2D eigenvalue weighted by Crippen LogP contribution is 2.34. The van der Waals surface area contributed by atoms with Crippen LogP contribution in [0, 0.1) is 0 Å². The molecule has 1 N–H and O–H groups in total. The molecule has 2 heterocycles. The summed E-state index contributed by atoms with van der Waals surface area (Å²) in [4.78, 5) is 15.1. The van der Waals surface area contributed by atoms with Gasteiger partial charge in [0, 0.05) is 16.4 Å².